The van der Waals surface area contributed by atoms with E-state index in [4.69, 9.17) is 10.5 Å². The van der Waals surface area contributed by atoms with Gasteiger partial charge in [-0.3, -0.25) is 4.99 Å². The van der Waals surface area contributed by atoms with Crippen LogP contribution in [0.5, 0.6) is 0 Å². The number of hydrogen-bond donors (Lipinski definition) is 2. The molecular formula is C19H34N2O2. The van der Waals surface area contributed by atoms with E-state index in [0.29, 0.717) is 6.61 Å². The molecule has 2 aliphatic carbocycles. The first-order valence-corrected chi connectivity index (χ1v) is 8.77. The monoisotopic (exact) mass is 322 g/mol. The molecule has 2 fully saturated rings. The molecule has 0 aromatic heterocycles. The number of aliphatic hydroxyl groups is 1. The molecule has 0 saturated heterocycles. The van der Waals surface area contributed by atoms with Gasteiger partial charge in [-0.15, -0.1) is 0 Å². The van der Waals surface area contributed by atoms with Crippen molar-refractivity contribution in [3.05, 3.63) is 12.3 Å². The largest absolute Gasteiger partial charge is 0.405 e. The number of nitrogens with two attached hydrogens (primary N) is 1. The molecule has 2 aliphatic rings. The van der Waals surface area contributed by atoms with Gasteiger partial charge in [0.15, 0.2) is 0 Å². The Morgan fingerprint density at radius 2 is 1.83 bits per heavy atom. The molecule has 0 amide bonds. The second kappa shape index (κ2) is 6.56. The highest BCUT2D eigenvalue weighted by Crippen LogP contribution is 2.62. The molecule has 2 bridgehead atoms. The maximum absolute atomic E-state index is 9.25. The fraction of sp³-hybridized carbons (Fsp3) is 0.842. The summed E-state index contributed by atoms with van der Waals surface area (Å²) in [5.41, 5.74) is 5.95. The van der Waals surface area contributed by atoms with Crippen molar-refractivity contribution in [3.8, 4) is 0 Å². The van der Waals surface area contributed by atoms with Gasteiger partial charge in [0.05, 0.1) is 18.8 Å². The highest BCUT2D eigenvalue weighted by molar-refractivity contribution is 5.70. The summed E-state index contributed by atoms with van der Waals surface area (Å²) in [6.07, 6.45) is 10.7. The van der Waals surface area contributed by atoms with E-state index in [-0.39, 0.29) is 28.5 Å². The van der Waals surface area contributed by atoms with Crippen LogP contribution in [0.25, 0.3) is 0 Å². The van der Waals surface area contributed by atoms with Crippen molar-refractivity contribution in [2.75, 3.05) is 19.8 Å². The number of ether oxygens (including phenoxy) is 1. The lowest BCUT2D eigenvalue weighted by Gasteiger charge is -2.61. The molecular weight excluding hydrogens is 288 g/mol. The predicted octanol–water partition coefficient (Wildman–Crippen LogP) is 3.29. The maximum Gasteiger partial charge on any atom is 0.0705 e. The molecule has 0 radical (unpaired) electrons. The van der Waals surface area contributed by atoms with Crippen LogP contribution in [-0.2, 0) is 4.74 Å². The standard InChI is InChI=1S/C19H34N2O2/c1-16(2)10-17(3)12-18(4,15-21-7-5-6-20)14-19(11-16,13-17)23-9-8-22/h5-7,22H,8-15,20H2,1-4H3. The van der Waals surface area contributed by atoms with Crippen LogP contribution < -0.4 is 5.73 Å². The van der Waals surface area contributed by atoms with Crippen molar-refractivity contribution in [2.24, 2.45) is 27.0 Å². The van der Waals surface area contributed by atoms with Crippen LogP contribution in [0.1, 0.15) is 59.8 Å². The SMILES string of the molecule is CC1(C)CC2(C)CC(C)(CN=CC=CN)CC(OCCO)(C1)C2. The molecule has 0 heterocycles. The molecule has 2 rings (SSSR count). The topological polar surface area (TPSA) is 67.8 Å². The van der Waals surface area contributed by atoms with Crippen LogP contribution >= 0.6 is 0 Å². The van der Waals surface area contributed by atoms with Gasteiger partial charge in [0.2, 0.25) is 0 Å². The number of allylic oxidation sites excluding steroid dienone is 1. The summed E-state index contributed by atoms with van der Waals surface area (Å²) in [7, 11) is 0. The quantitative estimate of drug-likeness (QED) is 0.737. The minimum Gasteiger partial charge on any atom is -0.405 e. The van der Waals surface area contributed by atoms with E-state index in [2.05, 4.69) is 32.7 Å². The Morgan fingerprint density at radius 3 is 2.48 bits per heavy atom. The summed E-state index contributed by atoms with van der Waals surface area (Å²) in [5.74, 6) is 0. The molecule has 4 heteroatoms. The molecule has 2 saturated carbocycles. The fourth-order valence-corrected chi connectivity index (χ4v) is 6.02. The van der Waals surface area contributed by atoms with Gasteiger partial charge < -0.3 is 15.6 Å². The zero-order chi connectivity index (χ0) is 17.2. The number of rotatable bonds is 6. The summed E-state index contributed by atoms with van der Waals surface area (Å²) in [4.78, 5) is 4.57. The normalized spacial score (nSPS) is 40.0. The van der Waals surface area contributed by atoms with Gasteiger partial charge in [0.25, 0.3) is 0 Å². The Kier molecular flexibility index (Phi) is 5.27. The van der Waals surface area contributed by atoms with E-state index in [1.54, 1.807) is 12.3 Å². The van der Waals surface area contributed by atoms with Crippen LogP contribution in [0.3, 0.4) is 0 Å². The molecule has 0 aromatic rings. The number of aliphatic hydroxyl groups excluding tert-OH is 1. The zero-order valence-electron chi connectivity index (χ0n) is 15.3. The van der Waals surface area contributed by atoms with Crippen LogP contribution in [-0.4, -0.2) is 36.7 Å². The molecule has 0 spiro atoms. The van der Waals surface area contributed by atoms with E-state index in [1.807, 2.05) is 0 Å². The molecule has 3 N–H and O–H groups in total. The smallest absolute Gasteiger partial charge is 0.0705 e. The third-order valence-corrected chi connectivity index (χ3v) is 5.33. The molecule has 0 aliphatic heterocycles. The van der Waals surface area contributed by atoms with Crippen LogP contribution in [0.4, 0.5) is 0 Å². The Balaban J connectivity index is 2.23. The van der Waals surface area contributed by atoms with Crippen LogP contribution in [0.2, 0.25) is 0 Å². The Labute approximate surface area is 141 Å². The maximum atomic E-state index is 9.25. The molecule has 132 valence electrons. The van der Waals surface area contributed by atoms with E-state index in [9.17, 15) is 5.11 Å². The van der Waals surface area contributed by atoms with Crippen molar-refractivity contribution >= 4 is 6.21 Å². The van der Waals surface area contributed by atoms with Crippen molar-refractivity contribution in [1.29, 1.82) is 0 Å². The number of hydrogen-bond acceptors (Lipinski definition) is 4. The minimum atomic E-state index is -0.120. The fourth-order valence-electron chi connectivity index (χ4n) is 6.02. The van der Waals surface area contributed by atoms with E-state index in [0.717, 1.165) is 25.8 Å². The summed E-state index contributed by atoms with van der Waals surface area (Å²) in [6, 6.07) is 0. The first-order chi connectivity index (χ1) is 10.7. The van der Waals surface area contributed by atoms with Gasteiger partial charge in [-0.1, -0.05) is 27.7 Å². The van der Waals surface area contributed by atoms with Gasteiger partial charge in [0.1, 0.15) is 0 Å². The number of fused-ring (bicyclic) bond motifs is 2. The van der Waals surface area contributed by atoms with Crippen molar-refractivity contribution in [1.82, 2.24) is 0 Å². The van der Waals surface area contributed by atoms with E-state index < -0.39 is 0 Å². The zero-order valence-corrected chi connectivity index (χ0v) is 15.3. The lowest BCUT2D eigenvalue weighted by molar-refractivity contribution is -0.192. The molecule has 4 nitrogen and oxygen atoms in total. The average Bonchev–Trinajstić information content (AvgIpc) is 2.37. The van der Waals surface area contributed by atoms with Crippen molar-refractivity contribution in [2.45, 2.75) is 65.4 Å². The lowest BCUT2D eigenvalue weighted by atomic mass is 9.48. The molecule has 23 heavy (non-hydrogen) atoms. The second-order valence-corrected chi connectivity index (χ2v) is 9.30. The Hall–Kier alpha value is -0.870. The summed E-state index contributed by atoms with van der Waals surface area (Å²) in [6.45, 7) is 10.8. The molecule has 3 atom stereocenters. The van der Waals surface area contributed by atoms with Crippen LogP contribution in [0.15, 0.2) is 17.3 Å². The van der Waals surface area contributed by atoms with Crippen LogP contribution in [0, 0.1) is 16.2 Å². The predicted molar refractivity (Wildman–Crippen MR) is 95.5 cm³/mol. The second-order valence-electron chi connectivity index (χ2n) is 9.30. The van der Waals surface area contributed by atoms with E-state index in [1.165, 1.54) is 19.0 Å². The van der Waals surface area contributed by atoms with Crippen molar-refractivity contribution < 1.29 is 9.84 Å². The van der Waals surface area contributed by atoms with Gasteiger partial charge in [-0.05, 0) is 60.6 Å². The first kappa shape index (κ1) is 18.5. The third kappa shape index (κ3) is 4.57. The highest BCUT2D eigenvalue weighted by atomic mass is 16.5. The average molecular weight is 322 g/mol. The van der Waals surface area contributed by atoms with Gasteiger partial charge in [-0.25, -0.2) is 0 Å². The lowest BCUT2D eigenvalue weighted by Crippen LogP contribution is -2.57. The van der Waals surface area contributed by atoms with Crippen molar-refractivity contribution in [3.63, 3.8) is 0 Å². The molecule has 0 aromatic carbocycles. The Bertz CT molecular complexity index is 470. The van der Waals surface area contributed by atoms with Gasteiger partial charge in [-0.2, -0.15) is 0 Å². The van der Waals surface area contributed by atoms with Gasteiger partial charge in [0, 0.05) is 12.8 Å². The van der Waals surface area contributed by atoms with E-state index >= 15 is 0 Å². The number of aliphatic imine (C=N–C) groups is 1. The first-order valence-electron chi connectivity index (χ1n) is 8.77. The summed E-state index contributed by atoms with van der Waals surface area (Å²) in [5, 5.41) is 9.25. The third-order valence-electron chi connectivity index (χ3n) is 5.33. The Morgan fingerprint density at radius 1 is 1.09 bits per heavy atom. The highest BCUT2D eigenvalue weighted by Gasteiger charge is 2.57. The summed E-state index contributed by atoms with van der Waals surface area (Å²) >= 11 is 0. The molecule has 3 unspecified atom stereocenters. The summed E-state index contributed by atoms with van der Waals surface area (Å²) < 4.78 is 6.28. The van der Waals surface area contributed by atoms with Gasteiger partial charge >= 0.3 is 0 Å². The number of nitrogens with zero attached hydrogens (tertiary/aromatic N) is 1. The minimum absolute atomic E-state index is 0.0923.